The number of ether oxygens (including phenoxy) is 2. The van der Waals surface area contributed by atoms with E-state index in [1.165, 1.54) is 0 Å². The Balaban J connectivity index is 3.15. The number of methoxy groups -OCH3 is 2. The largest absolute Gasteiger partial charge is 0.497 e. The summed E-state index contributed by atoms with van der Waals surface area (Å²) in [6.45, 7) is 2.02. The standard InChI is InChI=1S/C12H19NO3/c1-8-6-9(15-2)7-11(16-3)12(8)10(13)4-5-14/h6-7,10,14H,4-5,13H2,1-3H3. The van der Waals surface area contributed by atoms with E-state index < -0.39 is 0 Å². The minimum Gasteiger partial charge on any atom is -0.497 e. The average molecular weight is 225 g/mol. The Morgan fingerprint density at radius 3 is 2.50 bits per heavy atom. The average Bonchev–Trinajstić information content (AvgIpc) is 2.27. The number of nitrogens with two attached hydrogens (primary N) is 1. The molecule has 0 saturated carbocycles. The Morgan fingerprint density at radius 2 is 2.00 bits per heavy atom. The molecule has 0 heterocycles. The third-order valence-corrected chi connectivity index (χ3v) is 2.59. The van der Waals surface area contributed by atoms with Gasteiger partial charge in [-0.15, -0.1) is 0 Å². The zero-order valence-corrected chi connectivity index (χ0v) is 9.99. The smallest absolute Gasteiger partial charge is 0.127 e. The molecule has 0 radical (unpaired) electrons. The van der Waals surface area contributed by atoms with Gasteiger partial charge < -0.3 is 20.3 Å². The Hall–Kier alpha value is -1.26. The molecule has 4 heteroatoms. The summed E-state index contributed by atoms with van der Waals surface area (Å²) in [6, 6.07) is 3.50. The maximum Gasteiger partial charge on any atom is 0.127 e. The molecule has 0 aliphatic heterocycles. The van der Waals surface area contributed by atoms with E-state index in [1.54, 1.807) is 20.3 Å². The van der Waals surface area contributed by atoms with Crippen molar-refractivity contribution in [2.24, 2.45) is 5.73 Å². The van der Waals surface area contributed by atoms with Crippen LogP contribution in [0.5, 0.6) is 11.5 Å². The van der Waals surface area contributed by atoms with Crippen LogP contribution < -0.4 is 15.2 Å². The SMILES string of the molecule is COc1cc(C)c(C(N)CCO)c(OC)c1. The van der Waals surface area contributed by atoms with Crippen molar-refractivity contribution in [3.8, 4) is 11.5 Å². The van der Waals surface area contributed by atoms with Crippen LogP contribution in [0.1, 0.15) is 23.6 Å². The highest BCUT2D eigenvalue weighted by molar-refractivity contribution is 5.47. The van der Waals surface area contributed by atoms with Crippen molar-refractivity contribution >= 4 is 0 Å². The highest BCUT2D eigenvalue weighted by Gasteiger charge is 2.15. The first kappa shape index (κ1) is 12.8. The van der Waals surface area contributed by atoms with E-state index in [-0.39, 0.29) is 12.6 Å². The first-order valence-corrected chi connectivity index (χ1v) is 5.23. The lowest BCUT2D eigenvalue weighted by Crippen LogP contribution is -2.14. The van der Waals surface area contributed by atoms with Crippen molar-refractivity contribution in [2.75, 3.05) is 20.8 Å². The van der Waals surface area contributed by atoms with Crippen LogP contribution in [-0.4, -0.2) is 25.9 Å². The molecule has 1 aromatic carbocycles. The number of rotatable bonds is 5. The molecule has 3 N–H and O–H groups in total. The monoisotopic (exact) mass is 225 g/mol. The van der Waals surface area contributed by atoms with E-state index in [0.29, 0.717) is 12.2 Å². The van der Waals surface area contributed by atoms with E-state index in [2.05, 4.69) is 0 Å². The van der Waals surface area contributed by atoms with Gasteiger partial charge >= 0.3 is 0 Å². The molecule has 0 bridgehead atoms. The van der Waals surface area contributed by atoms with Crippen LogP contribution in [0.2, 0.25) is 0 Å². The van der Waals surface area contributed by atoms with Gasteiger partial charge in [-0.25, -0.2) is 0 Å². The third kappa shape index (κ3) is 2.65. The number of hydrogen-bond donors (Lipinski definition) is 2. The number of aryl methyl sites for hydroxylation is 1. The summed E-state index contributed by atoms with van der Waals surface area (Å²) in [5.74, 6) is 1.45. The summed E-state index contributed by atoms with van der Waals surface area (Å²) in [5.41, 5.74) is 7.93. The van der Waals surface area contributed by atoms with Gasteiger partial charge in [0, 0.05) is 24.3 Å². The summed E-state index contributed by atoms with van der Waals surface area (Å²) >= 11 is 0. The second-order valence-electron chi connectivity index (χ2n) is 3.68. The topological polar surface area (TPSA) is 64.7 Å². The maximum absolute atomic E-state index is 8.91. The van der Waals surface area contributed by atoms with E-state index in [4.69, 9.17) is 20.3 Å². The molecule has 0 aliphatic rings. The highest BCUT2D eigenvalue weighted by Crippen LogP contribution is 2.33. The van der Waals surface area contributed by atoms with Crippen LogP contribution in [0.3, 0.4) is 0 Å². The molecule has 0 spiro atoms. The quantitative estimate of drug-likeness (QED) is 0.795. The fourth-order valence-corrected chi connectivity index (χ4v) is 1.78. The molecule has 1 unspecified atom stereocenters. The van der Waals surface area contributed by atoms with Gasteiger partial charge in [0.2, 0.25) is 0 Å². The molecule has 0 aromatic heterocycles. The van der Waals surface area contributed by atoms with E-state index in [9.17, 15) is 0 Å². The van der Waals surface area contributed by atoms with Crippen molar-refractivity contribution in [3.05, 3.63) is 23.3 Å². The van der Waals surface area contributed by atoms with Crippen molar-refractivity contribution < 1.29 is 14.6 Å². The molecular formula is C12H19NO3. The molecule has 0 saturated heterocycles. The predicted molar refractivity (Wildman–Crippen MR) is 62.9 cm³/mol. The van der Waals surface area contributed by atoms with E-state index in [0.717, 1.165) is 16.9 Å². The van der Waals surface area contributed by atoms with Crippen molar-refractivity contribution in [1.29, 1.82) is 0 Å². The Labute approximate surface area is 96.0 Å². The number of benzene rings is 1. The van der Waals surface area contributed by atoms with Crippen LogP contribution in [0.25, 0.3) is 0 Å². The first-order chi connectivity index (χ1) is 7.63. The zero-order valence-electron chi connectivity index (χ0n) is 9.99. The summed E-state index contributed by atoms with van der Waals surface area (Å²) < 4.78 is 10.5. The molecule has 0 fully saturated rings. The van der Waals surface area contributed by atoms with Gasteiger partial charge in [-0.05, 0) is 25.0 Å². The molecule has 0 amide bonds. The normalized spacial score (nSPS) is 12.3. The Kier molecular flexibility index (Phi) is 4.58. The molecule has 4 nitrogen and oxygen atoms in total. The third-order valence-electron chi connectivity index (χ3n) is 2.59. The minimum atomic E-state index is -0.217. The molecule has 16 heavy (non-hydrogen) atoms. The lowest BCUT2D eigenvalue weighted by Gasteiger charge is -2.18. The number of hydrogen-bond acceptors (Lipinski definition) is 4. The number of aliphatic hydroxyl groups is 1. The van der Waals surface area contributed by atoms with Crippen molar-refractivity contribution in [1.82, 2.24) is 0 Å². The second-order valence-corrected chi connectivity index (χ2v) is 3.68. The van der Waals surface area contributed by atoms with Crippen LogP contribution in [0, 0.1) is 6.92 Å². The van der Waals surface area contributed by atoms with Crippen molar-refractivity contribution in [2.45, 2.75) is 19.4 Å². The van der Waals surface area contributed by atoms with Gasteiger partial charge in [-0.3, -0.25) is 0 Å². The van der Waals surface area contributed by atoms with Crippen LogP contribution >= 0.6 is 0 Å². The highest BCUT2D eigenvalue weighted by atomic mass is 16.5. The van der Waals surface area contributed by atoms with E-state index in [1.807, 2.05) is 13.0 Å². The Bertz CT molecular complexity index is 352. The summed E-state index contributed by atoms with van der Waals surface area (Å²) in [7, 11) is 3.21. The minimum absolute atomic E-state index is 0.0653. The predicted octanol–water partition coefficient (Wildman–Crippen LogP) is 1.39. The summed E-state index contributed by atoms with van der Waals surface area (Å²) in [4.78, 5) is 0. The second kappa shape index (κ2) is 5.72. The molecule has 1 aromatic rings. The van der Waals surface area contributed by atoms with Gasteiger partial charge in [-0.1, -0.05) is 0 Å². The Morgan fingerprint density at radius 1 is 1.31 bits per heavy atom. The van der Waals surface area contributed by atoms with E-state index >= 15 is 0 Å². The van der Waals surface area contributed by atoms with Gasteiger partial charge in [0.1, 0.15) is 11.5 Å². The van der Waals surface area contributed by atoms with Crippen LogP contribution in [0.15, 0.2) is 12.1 Å². The van der Waals surface area contributed by atoms with Crippen LogP contribution in [-0.2, 0) is 0 Å². The lowest BCUT2D eigenvalue weighted by atomic mass is 9.98. The van der Waals surface area contributed by atoms with Gasteiger partial charge in [0.05, 0.1) is 14.2 Å². The lowest BCUT2D eigenvalue weighted by molar-refractivity contribution is 0.275. The molecule has 90 valence electrons. The van der Waals surface area contributed by atoms with Gasteiger partial charge in [0.25, 0.3) is 0 Å². The fraction of sp³-hybridized carbons (Fsp3) is 0.500. The summed E-state index contributed by atoms with van der Waals surface area (Å²) in [6.07, 6.45) is 0.517. The molecule has 1 atom stereocenters. The van der Waals surface area contributed by atoms with Gasteiger partial charge in [-0.2, -0.15) is 0 Å². The molecule has 1 rings (SSSR count). The maximum atomic E-state index is 8.91. The van der Waals surface area contributed by atoms with Crippen molar-refractivity contribution in [3.63, 3.8) is 0 Å². The first-order valence-electron chi connectivity index (χ1n) is 5.23. The molecular weight excluding hydrogens is 206 g/mol. The molecule has 0 aliphatic carbocycles. The fourth-order valence-electron chi connectivity index (χ4n) is 1.78. The zero-order chi connectivity index (χ0) is 12.1. The number of aliphatic hydroxyl groups excluding tert-OH is 1. The summed E-state index contributed by atoms with van der Waals surface area (Å²) in [5, 5.41) is 8.91. The van der Waals surface area contributed by atoms with Gasteiger partial charge in [0.15, 0.2) is 0 Å². The van der Waals surface area contributed by atoms with Crippen LogP contribution in [0.4, 0.5) is 0 Å².